The van der Waals surface area contributed by atoms with Crippen LogP contribution in [0.25, 0.3) is 11.0 Å². The van der Waals surface area contributed by atoms with Gasteiger partial charge in [-0.25, -0.2) is 9.67 Å². The summed E-state index contributed by atoms with van der Waals surface area (Å²) in [7, 11) is 0. The second-order valence-corrected chi connectivity index (χ2v) is 10.3. The molecule has 0 bridgehead atoms. The highest BCUT2D eigenvalue weighted by Gasteiger charge is 2.56. The van der Waals surface area contributed by atoms with Gasteiger partial charge >= 0.3 is 0 Å². The summed E-state index contributed by atoms with van der Waals surface area (Å²) in [6, 6.07) is 3.26. The first-order valence-electron chi connectivity index (χ1n) is 10.3. The lowest BCUT2D eigenvalue weighted by Crippen LogP contribution is -2.44. The monoisotopic (exact) mass is 448 g/mol. The fourth-order valence-electron chi connectivity index (χ4n) is 4.76. The largest absolute Gasteiger partial charge is 0.328 e. The second kappa shape index (κ2) is 7.02. The number of fused-ring (bicyclic) bond motifs is 2. The maximum Gasteiger partial charge on any atom is 0.245 e. The van der Waals surface area contributed by atoms with E-state index in [0.29, 0.717) is 35.5 Å². The van der Waals surface area contributed by atoms with Gasteiger partial charge in [0.05, 0.1) is 11.4 Å². The summed E-state index contributed by atoms with van der Waals surface area (Å²) in [6.07, 6.45) is 5.06. The molecule has 9 heteroatoms. The highest BCUT2D eigenvalue weighted by molar-refractivity contribution is 6.50. The summed E-state index contributed by atoms with van der Waals surface area (Å²) >= 11 is 12.1. The molecular formula is C21H22Cl2N4O3. The SMILES string of the molecule is CC(=O)c1nn(CC(=O)N2[C@@H]3C[C@@H]3C[C@H]2C(=O)CCC2CC2(Cl)Cl)c2ncccc12. The van der Waals surface area contributed by atoms with Crippen molar-refractivity contribution in [3.63, 3.8) is 0 Å². The third-order valence-corrected chi connectivity index (χ3v) is 7.51. The Labute approximate surface area is 183 Å². The fourth-order valence-corrected chi connectivity index (χ4v) is 5.35. The van der Waals surface area contributed by atoms with Gasteiger partial charge in [-0.05, 0) is 49.7 Å². The standard InChI is InChI=1S/C21H22Cl2N4O3/c1-11(28)19-14-3-2-6-24-20(14)26(25-19)10-18(30)27-15-7-12(15)8-16(27)17(29)5-4-13-9-21(13,22)23/h2-3,6,12-13,15-16H,4-5,7-10H2,1H3/t12-,13?,15-,16+/m1/s1. The average molecular weight is 449 g/mol. The van der Waals surface area contributed by atoms with E-state index < -0.39 is 4.33 Å². The highest BCUT2D eigenvalue weighted by Crippen LogP contribution is 2.55. The molecule has 2 saturated carbocycles. The highest BCUT2D eigenvalue weighted by atomic mass is 35.5. The van der Waals surface area contributed by atoms with Crippen LogP contribution < -0.4 is 0 Å². The number of carbonyl (C=O) groups is 3. The summed E-state index contributed by atoms with van der Waals surface area (Å²) in [5, 5.41) is 4.97. The summed E-state index contributed by atoms with van der Waals surface area (Å²) in [5.74, 6) is 0.324. The molecule has 3 fully saturated rings. The molecule has 1 saturated heterocycles. The van der Waals surface area contributed by atoms with Crippen molar-refractivity contribution < 1.29 is 14.4 Å². The van der Waals surface area contributed by atoms with Crippen LogP contribution in [0.5, 0.6) is 0 Å². The number of likely N-dealkylation sites (tertiary alicyclic amines) is 1. The molecule has 30 heavy (non-hydrogen) atoms. The number of rotatable bonds is 7. The van der Waals surface area contributed by atoms with Crippen LogP contribution in [-0.4, -0.2) is 53.6 Å². The van der Waals surface area contributed by atoms with E-state index in [4.69, 9.17) is 23.2 Å². The smallest absolute Gasteiger partial charge is 0.245 e. The molecule has 1 unspecified atom stereocenters. The molecule has 3 heterocycles. The Kier molecular flexibility index (Phi) is 4.67. The molecule has 0 radical (unpaired) electrons. The number of amides is 1. The first kappa shape index (κ1) is 19.9. The summed E-state index contributed by atoms with van der Waals surface area (Å²) < 4.78 is 0.793. The zero-order chi connectivity index (χ0) is 21.2. The summed E-state index contributed by atoms with van der Waals surface area (Å²) in [5.41, 5.74) is 0.805. The van der Waals surface area contributed by atoms with Crippen molar-refractivity contribution in [2.75, 3.05) is 0 Å². The van der Waals surface area contributed by atoms with Crippen molar-refractivity contribution in [2.45, 2.75) is 62.0 Å². The van der Waals surface area contributed by atoms with Gasteiger partial charge in [0.2, 0.25) is 5.91 Å². The minimum atomic E-state index is -0.684. The van der Waals surface area contributed by atoms with Gasteiger partial charge in [0.25, 0.3) is 0 Å². The van der Waals surface area contributed by atoms with Crippen molar-refractivity contribution in [2.24, 2.45) is 11.8 Å². The summed E-state index contributed by atoms with van der Waals surface area (Å²) in [6.45, 7) is 1.41. The first-order valence-corrected chi connectivity index (χ1v) is 11.1. The van der Waals surface area contributed by atoms with E-state index in [-0.39, 0.29) is 42.0 Å². The number of pyridine rings is 1. The predicted octanol–water partition coefficient (Wildman–Crippen LogP) is 3.17. The van der Waals surface area contributed by atoms with Gasteiger partial charge in [-0.3, -0.25) is 14.4 Å². The number of alkyl halides is 2. The Morgan fingerprint density at radius 2 is 2.03 bits per heavy atom. The summed E-state index contributed by atoms with van der Waals surface area (Å²) in [4.78, 5) is 44.1. The molecule has 2 aromatic rings. The van der Waals surface area contributed by atoms with E-state index in [1.165, 1.54) is 11.6 Å². The van der Waals surface area contributed by atoms with Crippen molar-refractivity contribution >= 4 is 51.7 Å². The first-order chi connectivity index (χ1) is 14.3. The Morgan fingerprint density at radius 3 is 2.73 bits per heavy atom. The lowest BCUT2D eigenvalue weighted by molar-refractivity contribution is -0.139. The van der Waals surface area contributed by atoms with Gasteiger partial charge in [0.1, 0.15) is 16.6 Å². The molecule has 2 aromatic heterocycles. The quantitative estimate of drug-likeness (QED) is 0.479. The zero-order valence-electron chi connectivity index (χ0n) is 16.6. The maximum atomic E-state index is 13.2. The van der Waals surface area contributed by atoms with Crippen LogP contribution in [0.1, 0.15) is 49.5 Å². The van der Waals surface area contributed by atoms with E-state index >= 15 is 0 Å². The molecule has 1 aliphatic heterocycles. The number of aromatic nitrogens is 3. The van der Waals surface area contributed by atoms with E-state index in [1.807, 2.05) is 0 Å². The zero-order valence-corrected chi connectivity index (χ0v) is 18.1. The molecule has 3 aliphatic rings. The number of carbonyl (C=O) groups excluding carboxylic acids is 3. The molecule has 7 nitrogen and oxygen atoms in total. The van der Waals surface area contributed by atoms with Gasteiger partial charge in [-0.1, -0.05) is 0 Å². The molecule has 2 aliphatic carbocycles. The van der Waals surface area contributed by atoms with E-state index in [9.17, 15) is 14.4 Å². The lowest BCUT2D eigenvalue weighted by atomic mass is 10.0. The van der Waals surface area contributed by atoms with Crippen molar-refractivity contribution in [3.8, 4) is 0 Å². The minimum absolute atomic E-state index is 0.0388. The van der Waals surface area contributed by atoms with Crippen LogP contribution in [0.2, 0.25) is 0 Å². The third kappa shape index (κ3) is 3.42. The van der Waals surface area contributed by atoms with E-state index in [1.54, 1.807) is 23.2 Å². The van der Waals surface area contributed by atoms with Crippen LogP contribution >= 0.6 is 23.2 Å². The lowest BCUT2D eigenvalue weighted by Gasteiger charge is -2.27. The van der Waals surface area contributed by atoms with Crippen molar-refractivity contribution in [1.29, 1.82) is 0 Å². The van der Waals surface area contributed by atoms with Gasteiger partial charge < -0.3 is 4.90 Å². The van der Waals surface area contributed by atoms with E-state index in [2.05, 4.69) is 10.1 Å². The number of halogens is 2. The van der Waals surface area contributed by atoms with Crippen LogP contribution in [0, 0.1) is 11.8 Å². The van der Waals surface area contributed by atoms with Crippen molar-refractivity contribution in [3.05, 3.63) is 24.0 Å². The Hall–Kier alpha value is -1.99. The maximum absolute atomic E-state index is 13.2. The second-order valence-electron chi connectivity index (χ2n) is 8.72. The molecule has 158 valence electrons. The molecular weight excluding hydrogens is 427 g/mol. The Bertz CT molecular complexity index is 1070. The van der Waals surface area contributed by atoms with Gasteiger partial charge in [-0.2, -0.15) is 5.10 Å². The molecule has 0 N–H and O–H groups in total. The average Bonchev–Trinajstić information content (AvgIpc) is 3.49. The van der Waals surface area contributed by atoms with Crippen LogP contribution in [0.3, 0.4) is 0 Å². The van der Waals surface area contributed by atoms with Crippen LogP contribution in [-0.2, 0) is 16.1 Å². The number of ketones is 2. The molecule has 5 rings (SSSR count). The number of Topliss-reactive ketones (excluding diaryl/α,β-unsaturated/α-hetero) is 2. The molecule has 4 atom stereocenters. The Balaban J connectivity index is 1.32. The number of hydrogen-bond donors (Lipinski definition) is 0. The van der Waals surface area contributed by atoms with Gasteiger partial charge in [-0.15, -0.1) is 23.2 Å². The topological polar surface area (TPSA) is 85.2 Å². The fraction of sp³-hybridized carbons (Fsp3) is 0.571. The van der Waals surface area contributed by atoms with Gasteiger partial charge in [0.15, 0.2) is 17.2 Å². The molecule has 1 amide bonds. The van der Waals surface area contributed by atoms with Crippen LogP contribution in [0.15, 0.2) is 18.3 Å². The molecule has 0 aromatic carbocycles. The third-order valence-electron chi connectivity index (χ3n) is 6.58. The van der Waals surface area contributed by atoms with Crippen molar-refractivity contribution in [1.82, 2.24) is 19.7 Å². The normalized spacial score (nSPS) is 28.4. The predicted molar refractivity (Wildman–Crippen MR) is 111 cm³/mol. The molecule has 0 spiro atoms. The Morgan fingerprint density at radius 1 is 1.27 bits per heavy atom. The number of piperidine rings is 1. The number of hydrogen-bond acceptors (Lipinski definition) is 5. The van der Waals surface area contributed by atoms with E-state index in [0.717, 1.165) is 19.3 Å². The van der Waals surface area contributed by atoms with Crippen LogP contribution in [0.4, 0.5) is 0 Å². The minimum Gasteiger partial charge on any atom is -0.328 e. The van der Waals surface area contributed by atoms with Gasteiger partial charge in [0, 0.05) is 25.6 Å². The number of nitrogens with zero attached hydrogens (tertiary/aromatic N) is 4.